The molecule has 8 nitrogen and oxygen atoms in total. The number of esters is 1. The highest BCUT2D eigenvalue weighted by atomic mass is 16.5. The molecule has 0 aliphatic carbocycles. The van der Waals surface area contributed by atoms with Gasteiger partial charge in [0.1, 0.15) is 0 Å². The van der Waals surface area contributed by atoms with Crippen LogP contribution in [0.15, 0.2) is 65.9 Å². The summed E-state index contributed by atoms with van der Waals surface area (Å²) in [4.78, 5) is 44.7. The maximum Gasteiger partial charge on any atom is 0.338 e. The number of urea groups is 1. The van der Waals surface area contributed by atoms with Crippen molar-refractivity contribution in [2.45, 2.75) is 32.9 Å². The third-order valence-electron chi connectivity index (χ3n) is 6.85. The summed E-state index contributed by atoms with van der Waals surface area (Å²) in [5.41, 5.74) is 3.66. The molecule has 4 rings (SSSR count). The van der Waals surface area contributed by atoms with Crippen molar-refractivity contribution < 1.29 is 19.1 Å². The molecular weight excluding hydrogens is 456 g/mol. The van der Waals surface area contributed by atoms with Gasteiger partial charge in [-0.05, 0) is 38.5 Å². The van der Waals surface area contributed by atoms with Gasteiger partial charge in [-0.25, -0.2) is 9.59 Å². The SMILES string of the molecule is CCOC(=O)C1=C(CN2CCN(C(=O)c3ccccc3)C(C)C2)N(C)C(=O)NC1c1ccc(C)cc1. The Kier molecular flexibility index (Phi) is 7.74. The van der Waals surface area contributed by atoms with Crippen molar-refractivity contribution in [3.05, 3.63) is 82.6 Å². The third kappa shape index (κ3) is 5.28. The zero-order valence-corrected chi connectivity index (χ0v) is 21.4. The van der Waals surface area contributed by atoms with Gasteiger partial charge in [0.2, 0.25) is 0 Å². The number of carbonyl (C=O) groups is 3. The Hall–Kier alpha value is -3.65. The number of nitrogens with zero attached hydrogens (tertiary/aromatic N) is 3. The van der Waals surface area contributed by atoms with Gasteiger partial charge in [-0.1, -0.05) is 48.0 Å². The van der Waals surface area contributed by atoms with Crippen LogP contribution in [0.4, 0.5) is 4.79 Å². The van der Waals surface area contributed by atoms with Gasteiger partial charge in [-0.15, -0.1) is 0 Å². The quantitative estimate of drug-likeness (QED) is 0.628. The second-order valence-electron chi connectivity index (χ2n) is 9.38. The summed E-state index contributed by atoms with van der Waals surface area (Å²) in [6, 6.07) is 16.2. The number of nitrogens with one attached hydrogen (secondary N) is 1. The first-order valence-electron chi connectivity index (χ1n) is 12.4. The lowest BCUT2D eigenvalue weighted by molar-refractivity contribution is -0.139. The van der Waals surface area contributed by atoms with Crippen molar-refractivity contribution >= 4 is 17.9 Å². The Morgan fingerprint density at radius 3 is 2.39 bits per heavy atom. The monoisotopic (exact) mass is 490 g/mol. The maximum absolute atomic E-state index is 13.2. The molecule has 36 heavy (non-hydrogen) atoms. The standard InChI is InChI=1S/C28H34N4O4/c1-5-36-27(34)24-23(30(4)28(35)29-25(24)21-13-11-19(2)12-14-21)18-31-15-16-32(20(3)17-31)26(33)22-9-7-6-8-10-22/h6-14,20,25H,5,15-18H2,1-4H3,(H,29,35). The van der Waals surface area contributed by atoms with Gasteiger partial charge in [0, 0.05) is 50.5 Å². The van der Waals surface area contributed by atoms with Crippen molar-refractivity contribution in [1.82, 2.24) is 20.0 Å². The van der Waals surface area contributed by atoms with Crippen LogP contribution in [0, 0.1) is 6.92 Å². The number of hydrogen-bond donors (Lipinski definition) is 1. The van der Waals surface area contributed by atoms with Gasteiger partial charge in [-0.2, -0.15) is 0 Å². The average molecular weight is 491 g/mol. The van der Waals surface area contributed by atoms with E-state index in [1.54, 1.807) is 14.0 Å². The molecule has 1 saturated heterocycles. The number of benzene rings is 2. The Morgan fingerprint density at radius 2 is 1.75 bits per heavy atom. The van der Waals surface area contributed by atoms with Gasteiger partial charge in [-0.3, -0.25) is 14.6 Å². The van der Waals surface area contributed by atoms with E-state index < -0.39 is 12.0 Å². The number of likely N-dealkylation sites (N-methyl/N-ethyl adjacent to an activating group) is 1. The molecule has 2 aliphatic heterocycles. The average Bonchev–Trinajstić information content (AvgIpc) is 2.87. The van der Waals surface area contributed by atoms with Crippen LogP contribution in [0.3, 0.4) is 0 Å². The summed E-state index contributed by atoms with van der Waals surface area (Å²) >= 11 is 0. The number of carbonyl (C=O) groups excluding carboxylic acids is 3. The van der Waals surface area contributed by atoms with E-state index in [2.05, 4.69) is 10.2 Å². The van der Waals surface area contributed by atoms with E-state index in [9.17, 15) is 14.4 Å². The minimum absolute atomic E-state index is 0.0165. The first kappa shape index (κ1) is 25.4. The molecule has 0 aromatic heterocycles. The number of piperazine rings is 1. The van der Waals surface area contributed by atoms with E-state index in [0.29, 0.717) is 43.0 Å². The summed E-state index contributed by atoms with van der Waals surface area (Å²) in [6.07, 6.45) is 0. The van der Waals surface area contributed by atoms with Crippen LogP contribution in [0.5, 0.6) is 0 Å². The van der Waals surface area contributed by atoms with Crippen molar-refractivity contribution in [2.75, 3.05) is 39.8 Å². The molecule has 2 aliphatic rings. The molecule has 0 spiro atoms. The molecule has 2 aromatic rings. The number of aryl methyl sites for hydroxylation is 1. The number of hydrogen-bond acceptors (Lipinski definition) is 5. The molecular formula is C28H34N4O4. The van der Waals surface area contributed by atoms with Crippen molar-refractivity contribution in [3.63, 3.8) is 0 Å². The summed E-state index contributed by atoms with van der Waals surface area (Å²) in [5.74, 6) is -0.418. The second-order valence-corrected chi connectivity index (χ2v) is 9.38. The van der Waals surface area contributed by atoms with Crippen LogP contribution < -0.4 is 5.32 Å². The van der Waals surface area contributed by atoms with Gasteiger partial charge >= 0.3 is 12.0 Å². The molecule has 8 heteroatoms. The Morgan fingerprint density at radius 1 is 1.06 bits per heavy atom. The molecule has 1 N–H and O–H groups in total. The summed E-state index contributed by atoms with van der Waals surface area (Å²) < 4.78 is 5.43. The summed E-state index contributed by atoms with van der Waals surface area (Å²) in [7, 11) is 1.67. The van der Waals surface area contributed by atoms with E-state index in [0.717, 1.165) is 11.1 Å². The summed E-state index contributed by atoms with van der Waals surface area (Å²) in [6.45, 7) is 8.26. The fraction of sp³-hybridized carbons (Fsp3) is 0.393. The first-order chi connectivity index (χ1) is 17.3. The van der Waals surface area contributed by atoms with Crippen LogP contribution in [0.2, 0.25) is 0 Å². The van der Waals surface area contributed by atoms with E-state index in [-0.39, 0.29) is 24.6 Å². The molecule has 2 aromatic carbocycles. The van der Waals surface area contributed by atoms with Crippen LogP contribution in [0.1, 0.15) is 41.4 Å². The van der Waals surface area contributed by atoms with Gasteiger partial charge < -0.3 is 15.0 Å². The lowest BCUT2D eigenvalue weighted by atomic mass is 9.93. The van der Waals surface area contributed by atoms with Gasteiger partial charge in [0.25, 0.3) is 5.91 Å². The predicted molar refractivity (Wildman–Crippen MR) is 137 cm³/mol. The fourth-order valence-electron chi connectivity index (χ4n) is 4.84. The molecule has 190 valence electrons. The topological polar surface area (TPSA) is 82.2 Å². The highest BCUT2D eigenvalue weighted by Crippen LogP contribution is 2.32. The molecule has 2 atom stereocenters. The van der Waals surface area contributed by atoms with E-state index in [1.165, 1.54) is 4.90 Å². The highest BCUT2D eigenvalue weighted by Gasteiger charge is 2.38. The number of amides is 3. The lowest BCUT2D eigenvalue weighted by Crippen LogP contribution is -2.56. The van der Waals surface area contributed by atoms with E-state index >= 15 is 0 Å². The fourth-order valence-corrected chi connectivity index (χ4v) is 4.84. The minimum atomic E-state index is -0.596. The van der Waals surface area contributed by atoms with Crippen LogP contribution in [-0.4, -0.2) is 78.5 Å². The van der Waals surface area contributed by atoms with Gasteiger partial charge in [0.05, 0.1) is 18.2 Å². The molecule has 0 saturated carbocycles. The Bertz CT molecular complexity index is 1150. The van der Waals surface area contributed by atoms with Crippen LogP contribution in [0.25, 0.3) is 0 Å². The summed E-state index contributed by atoms with van der Waals surface area (Å²) in [5, 5.41) is 2.96. The molecule has 2 unspecified atom stereocenters. The molecule has 1 fully saturated rings. The zero-order valence-electron chi connectivity index (χ0n) is 21.4. The molecule has 3 amide bonds. The molecule has 0 radical (unpaired) electrons. The van der Waals surface area contributed by atoms with Crippen molar-refractivity contribution in [2.24, 2.45) is 0 Å². The number of rotatable bonds is 6. The largest absolute Gasteiger partial charge is 0.463 e. The second kappa shape index (κ2) is 11.0. The van der Waals surface area contributed by atoms with Crippen LogP contribution in [-0.2, 0) is 9.53 Å². The van der Waals surface area contributed by atoms with E-state index in [4.69, 9.17) is 4.74 Å². The van der Waals surface area contributed by atoms with Crippen molar-refractivity contribution in [1.29, 1.82) is 0 Å². The number of ether oxygens (including phenoxy) is 1. The normalized spacial score (nSPS) is 20.8. The van der Waals surface area contributed by atoms with Crippen molar-refractivity contribution in [3.8, 4) is 0 Å². The highest BCUT2D eigenvalue weighted by molar-refractivity contribution is 5.95. The maximum atomic E-state index is 13.2. The Balaban J connectivity index is 1.60. The minimum Gasteiger partial charge on any atom is -0.463 e. The molecule has 0 bridgehead atoms. The van der Waals surface area contributed by atoms with E-state index in [1.807, 2.05) is 73.3 Å². The molecule has 2 heterocycles. The lowest BCUT2D eigenvalue weighted by Gasteiger charge is -2.42. The smallest absolute Gasteiger partial charge is 0.338 e. The Labute approximate surface area is 212 Å². The predicted octanol–water partition coefficient (Wildman–Crippen LogP) is 3.35. The first-order valence-corrected chi connectivity index (χ1v) is 12.4. The third-order valence-corrected chi connectivity index (χ3v) is 6.85. The van der Waals surface area contributed by atoms with Crippen LogP contribution >= 0.6 is 0 Å². The zero-order chi connectivity index (χ0) is 25.8. The van der Waals surface area contributed by atoms with Gasteiger partial charge in [0.15, 0.2) is 0 Å².